The number of rotatable bonds is 5. The summed E-state index contributed by atoms with van der Waals surface area (Å²) in [5.41, 5.74) is 13.5. The Morgan fingerprint density at radius 3 is 2.22 bits per heavy atom. The molecule has 5 nitrogen and oxygen atoms in total. The SMILES string of the molecule is C1=CC2=[N+](c3ccccc3)c3ccc4cc(N(c5ccccc5)c5ccc6oc7ccccc7c6c5)cc5c4c3OC2C(=C1)N(c1ccc2sc3ccccc3c2c1)c1ccccc1-5. The molecule has 3 aliphatic rings. The van der Waals surface area contributed by atoms with E-state index in [0.717, 1.165) is 101 Å². The summed E-state index contributed by atoms with van der Waals surface area (Å²) in [6.07, 6.45) is 6.23. The molecule has 64 heavy (non-hydrogen) atoms. The summed E-state index contributed by atoms with van der Waals surface area (Å²) in [5, 5.41) is 6.86. The van der Waals surface area contributed by atoms with Gasteiger partial charge in [0.15, 0.2) is 0 Å². The summed E-state index contributed by atoms with van der Waals surface area (Å²) in [4.78, 5) is 4.81. The molecule has 0 radical (unpaired) electrons. The quantitative estimate of drug-likeness (QED) is 0.162. The predicted molar refractivity (Wildman–Crippen MR) is 267 cm³/mol. The average molecular weight is 839 g/mol. The Bertz CT molecular complexity index is 3840. The Kier molecular flexibility index (Phi) is 7.55. The molecule has 6 bridgehead atoms. The zero-order valence-electron chi connectivity index (χ0n) is 34.4. The van der Waals surface area contributed by atoms with Gasteiger partial charge in [-0.15, -0.1) is 11.3 Å². The van der Waals surface area contributed by atoms with Crippen LogP contribution in [0.25, 0.3) is 64.0 Å². The van der Waals surface area contributed by atoms with Crippen LogP contribution in [0.15, 0.2) is 222 Å². The lowest BCUT2D eigenvalue weighted by Crippen LogP contribution is -2.43. The number of furan rings is 1. The van der Waals surface area contributed by atoms with Crippen molar-refractivity contribution in [1.29, 1.82) is 0 Å². The van der Waals surface area contributed by atoms with E-state index in [1.165, 1.54) is 20.2 Å². The van der Waals surface area contributed by atoms with Crippen molar-refractivity contribution >= 4 is 110 Å². The van der Waals surface area contributed by atoms with Crippen LogP contribution in [0.2, 0.25) is 0 Å². The molecule has 11 aromatic rings. The molecular formula is C58H36N3O2S+. The molecule has 0 fully saturated rings. The molecule has 6 heteroatoms. The van der Waals surface area contributed by atoms with Gasteiger partial charge in [0.25, 0.3) is 5.69 Å². The van der Waals surface area contributed by atoms with Gasteiger partial charge >= 0.3 is 0 Å². The highest BCUT2D eigenvalue weighted by Gasteiger charge is 2.44. The fourth-order valence-corrected chi connectivity index (χ4v) is 11.4. The van der Waals surface area contributed by atoms with Crippen LogP contribution < -0.4 is 19.1 Å². The zero-order valence-corrected chi connectivity index (χ0v) is 35.2. The van der Waals surface area contributed by atoms with E-state index in [0.29, 0.717) is 0 Å². The van der Waals surface area contributed by atoms with Gasteiger partial charge in [-0.25, -0.2) is 0 Å². The maximum Gasteiger partial charge on any atom is 0.254 e. The van der Waals surface area contributed by atoms with Gasteiger partial charge in [-0.05, 0) is 102 Å². The third-order valence-electron chi connectivity index (χ3n) is 13.1. The molecule has 1 atom stereocenters. The maximum atomic E-state index is 7.54. The van der Waals surface area contributed by atoms with E-state index in [-0.39, 0.29) is 0 Å². The second-order valence-electron chi connectivity index (χ2n) is 16.6. The molecule has 2 aromatic heterocycles. The average Bonchev–Trinajstić information content (AvgIpc) is 3.93. The second-order valence-corrected chi connectivity index (χ2v) is 17.7. The Morgan fingerprint density at radius 1 is 0.547 bits per heavy atom. The van der Waals surface area contributed by atoms with Crippen LogP contribution in [0.1, 0.15) is 0 Å². The largest absolute Gasteiger partial charge is 0.465 e. The number of thiophene rings is 1. The first-order chi connectivity index (χ1) is 31.7. The molecular weight excluding hydrogens is 803 g/mol. The zero-order chi connectivity index (χ0) is 41.9. The fraction of sp³-hybridized carbons (Fsp3) is 0.0172. The molecule has 1 unspecified atom stereocenters. The first-order valence-electron chi connectivity index (χ1n) is 21.7. The van der Waals surface area contributed by atoms with Crippen molar-refractivity contribution in [1.82, 2.24) is 4.58 Å². The van der Waals surface area contributed by atoms with E-state index >= 15 is 0 Å². The van der Waals surface area contributed by atoms with Crippen LogP contribution in [-0.2, 0) is 0 Å². The number of allylic oxidation sites excluding steroid dienone is 2. The highest BCUT2D eigenvalue weighted by molar-refractivity contribution is 7.25. The predicted octanol–water partition coefficient (Wildman–Crippen LogP) is 15.9. The standard InChI is InChI=1S/C58H36N3O2S/c1-3-14-37(15-4-1)59(39-27-30-53-45(33-39)43-19-8-11-24-52(43)62-53)41-32-36-26-29-51-58-56(36)47(35-41)42-18-7-10-21-48(42)61(40-28-31-55-46(34-40)44-20-9-12-25-54(44)64-55)50-23-13-22-49(57(50)63-58)60(51)38-16-5-2-6-17-38/h1-35,57H/q+1. The highest BCUT2D eigenvalue weighted by atomic mass is 32.1. The molecule has 300 valence electrons. The van der Waals surface area contributed by atoms with Gasteiger partial charge in [0.2, 0.25) is 23.3 Å². The first-order valence-corrected chi connectivity index (χ1v) is 22.5. The van der Waals surface area contributed by atoms with Crippen LogP contribution in [0, 0.1) is 0 Å². The van der Waals surface area contributed by atoms with Gasteiger partial charge in [-0.2, -0.15) is 4.58 Å². The van der Waals surface area contributed by atoms with Crippen molar-refractivity contribution in [2.75, 3.05) is 9.80 Å². The minimum absolute atomic E-state index is 0.408. The van der Waals surface area contributed by atoms with Crippen LogP contribution in [0.5, 0.6) is 5.75 Å². The topological polar surface area (TPSA) is 31.9 Å². The van der Waals surface area contributed by atoms with Gasteiger partial charge in [0.05, 0.1) is 11.4 Å². The van der Waals surface area contributed by atoms with Gasteiger partial charge in [-0.1, -0.05) is 97.1 Å². The van der Waals surface area contributed by atoms with Crippen LogP contribution in [-0.4, -0.2) is 11.8 Å². The summed E-state index contributed by atoms with van der Waals surface area (Å²) in [6, 6.07) is 70.0. The lowest BCUT2D eigenvalue weighted by molar-refractivity contribution is 0.294. The molecule has 0 spiro atoms. The molecule has 14 rings (SSSR count). The summed E-state index contributed by atoms with van der Waals surface area (Å²) in [7, 11) is 0. The smallest absolute Gasteiger partial charge is 0.254 e. The Hall–Kier alpha value is -8.19. The van der Waals surface area contributed by atoms with Crippen molar-refractivity contribution in [3.05, 3.63) is 218 Å². The molecule has 0 N–H and O–H groups in total. The Labute approximate surface area is 372 Å². The van der Waals surface area contributed by atoms with Crippen molar-refractivity contribution < 1.29 is 9.15 Å². The molecule has 0 saturated carbocycles. The fourth-order valence-electron chi connectivity index (χ4n) is 10.3. The summed E-state index contributed by atoms with van der Waals surface area (Å²) in [5.74, 6) is 0.867. The summed E-state index contributed by atoms with van der Waals surface area (Å²) < 4.78 is 18.8. The number of benzene rings is 9. The molecule has 2 aliphatic heterocycles. The normalized spacial score (nSPS) is 15.1. The van der Waals surface area contributed by atoms with Gasteiger partial charge in [0, 0.05) is 88.9 Å². The van der Waals surface area contributed by atoms with E-state index in [1.807, 2.05) is 23.5 Å². The molecule has 9 aromatic carbocycles. The molecule has 1 aliphatic carbocycles. The van der Waals surface area contributed by atoms with E-state index in [4.69, 9.17) is 9.15 Å². The Morgan fingerprint density at radius 2 is 1.31 bits per heavy atom. The monoisotopic (exact) mass is 838 g/mol. The van der Waals surface area contributed by atoms with Crippen molar-refractivity contribution in [3.63, 3.8) is 0 Å². The number of fused-ring (bicyclic) bond motifs is 8. The maximum absolute atomic E-state index is 7.54. The van der Waals surface area contributed by atoms with Crippen LogP contribution in [0.4, 0.5) is 39.8 Å². The number of hydrogen-bond donors (Lipinski definition) is 0. The van der Waals surface area contributed by atoms with Crippen molar-refractivity contribution in [3.8, 4) is 16.9 Å². The van der Waals surface area contributed by atoms with E-state index in [9.17, 15) is 0 Å². The Balaban J connectivity index is 1.08. The molecule has 0 amide bonds. The van der Waals surface area contributed by atoms with Gasteiger partial charge in [0.1, 0.15) is 11.2 Å². The highest BCUT2D eigenvalue weighted by Crippen LogP contribution is 2.53. The van der Waals surface area contributed by atoms with Crippen molar-refractivity contribution in [2.45, 2.75) is 6.10 Å². The van der Waals surface area contributed by atoms with E-state index < -0.39 is 6.10 Å². The minimum atomic E-state index is -0.408. The number of anilines is 5. The minimum Gasteiger partial charge on any atom is -0.465 e. The summed E-state index contributed by atoms with van der Waals surface area (Å²) in [6.45, 7) is 0. The first kappa shape index (κ1) is 35.4. The third-order valence-corrected chi connectivity index (χ3v) is 14.2. The van der Waals surface area contributed by atoms with E-state index in [2.05, 4.69) is 215 Å². The number of hydrogen-bond acceptors (Lipinski definition) is 5. The summed E-state index contributed by atoms with van der Waals surface area (Å²) >= 11 is 1.84. The second kappa shape index (κ2) is 13.7. The van der Waals surface area contributed by atoms with Gasteiger partial charge < -0.3 is 19.0 Å². The number of ether oxygens (including phenoxy) is 1. The molecule has 4 heterocycles. The number of nitrogens with zero attached hydrogens (tertiary/aromatic N) is 3. The van der Waals surface area contributed by atoms with E-state index in [1.54, 1.807) is 0 Å². The number of para-hydroxylation sites is 4. The van der Waals surface area contributed by atoms with Crippen LogP contribution in [0.3, 0.4) is 0 Å². The third kappa shape index (κ3) is 5.20. The molecule has 0 saturated heterocycles. The van der Waals surface area contributed by atoms with Crippen molar-refractivity contribution in [2.24, 2.45) is 0 Å². The van der Waals surface area contributed by atoms with Gasteiger partial charge in [-0.3, -0.25) is 0 Å². The van der Waals surface area contributed by atoms with Crippen LogP contribution >= 0.6 is 11.3 Å². The lowest BCUT2D eigenvalue weighted by Gasteiger charge is -2.35. The lowest BCUT2D eigenvalue weighted by atomic mass is 9.93.